The van der Waals surface area contributed by atoms with E-state index in [-0.39, 0.29) is 0 Å². The van der Waals surface area contributed by atoms with Gasteiger partial charge in [0.2, 0.25) is 0 Å². The molecule has 2 heterocycles. The van der Waals surface area contributed by atoms with E-state index in [0.29, 0.717) is 11.6 Å². The summed E-state index contributed by atoms with van der Waals surface area (Å²) in [5.74, 6) is 0.967. The molecule has 0 spiro atoms. The van der Waals surface area contributed by atoms with E-state index in [0.717, 1.165) is 18.6 Å². The largest absolute Gasteiger partial charge is 0.349 e. The number of carbonyl (C=O) groups excluding carboxylic acids is 1. The van der Waals surface area contributed by atoms with Crippen LogP contribution in [0.1, 0.15) is 28.8 Å². The predicted octanol–water partition coefficient (Wildman–Crippen LogP) is 3.12. The first-order valence-electron chi connectivity index (χ1n) is 6.06. The van der Waals surface area contributed by atoms with E-state index in [2.05, 4.69) is 26.7 Å². The lowest BCUT2D eigenvalue weighted by Gasteiger charge is -2.23. The molecule has 2 aromatic heterocycles. The minimum absolute atomic E-state index is 0.611. The molecule has 1 fully saturated rings. The quantitative estimate of drug-likeness (QED) is 0.773. The molecule has 3 nitrogen and oxygen atoms in total. The van der Waals surface area contributed by atoms with Crippen molar-refractivity contribution < 1.29 is 4.79 Å². The third kappa shape index (κ3) is 2.43. The van der Waals surface area contributed by atoms with Crippen LogP contribution in [0.15, 0.2) is 35.2 Å². The Hall–Kier alpha value is -1.68. The number of aldehydes is 1. The van der Waals surface area contributed by atoms with Gasteiger partial charge in [-0.3, -0.25) is 4.79 Å². The van der Waals surface area contributed by atoms with Crippen LogP contribution in [0.2, 0.25) is 0 Å². The number of rotatable bonds is 5. The first-order chi connectivity index (χ1) is 8.86. The summed E-state index contributed by atoms with van der Waals surface area (Å²) in [4.78, 5) is 17.4. The van der Waals surface area contributed by atoms with Gasteiger partial charge in [0, 0.05) is 24.3 Å². The SMILES string of the molecule is O=Cc1ccc(N(Cc2ccsc2)C2CC2)nc1. The Kier molecular flexibility index (Phi) is 3.11. The zero-order valence-corrected chi connectivity index (χ0v) is 10.8. The van der Waals surface area contributed by atoms with Gasteiger partial charge in [-0.15, -0.1) is 0 Å². The molecule has 18 heavy (non-hydrogen) atoms. The summed E-state index contributed by atoms with van der Waals surface area (Å²) >= 11 is 1.72. The number of pyridine rings is 1. The molecule has 0 aromatic carbocycles. The molecule has 2 aromatic rings. The molecule has 0 amide bonds. The highest BCUT2D eigenvalue weighted by atomic mass is 32.1. The highest BCUT2D eigenvalue weighted by Crippen LogP contribution is 2.32. The number of thiophene rings is 1. The highest BCUT2D eigenvalue weighted by molar-refractivity contribution is 7.07. The zero-order valence-electron chi connectivity index (χ0n) is 9.95. The summed E-state index contributed by atoms with van der Waals surface area (Å²) in [6.45, 7) is 0.904. The van der Waals surface area contributed by atoms with Crippen LogP contribution in [-0.4, -0.2) is 17.3 Å². The van der Waals surface area contributed by atoms with Crippen molar-refractivity contribution in [2.24, 2.45) is 0 Å². The zero-order chi connectivity index (χ0) is 12.4. The molecule has 1 aliphatic rings. The van der Waals surface area contributed by atoms with Crippen LogP contribution >= 0.6 is 11.3 Å². The molecule has 4 heteroatoms. The van der Waals surface area contributed by atoms with Crippen molar-refractivity contribution in [1.82, 2.24) is 4.98 Å². The van der Waals surface area contributed by atoms with Gasteiger partial charge in [0.1, 0.15) is 5.82 Å². The Labute approximate surface area is 110 Å². The maximum Gasteiger partial charge on any atom is 0.151 e. The van der Waals surface area contributed by atoms with Crippen molar-refractivity contribution in [2.75, 3.05) is 4.90 Å². The van der Waals surface area contributed by atoms with E-state index < -0.39 is 0 Å². The van der Waals surface area contributed by atoms with Crippen molar-refractivity contribution in [3.05, 3.63) is 46.3 Å². The molecular formula is C14H14N2OS. The Bertz CT molecular complexity index is 517. The fourth-order valence-electron chi connectivity index (χ4n) is 2.00. The molecule has 3 rings (SSSR count). The minimum atomic E-state index is 0.611. The second-order valence-electron chi connectivity index (χ2n) is 4.56. The Morgan fingerprint density at radius 2 is 2.28 bits per heavy atom. The third-order valence-corrected chi connectivity index (χ3v) is 3.85. The number of nitrogens with zero attached hydrogens (tertiary/aromatic N) is 2. The molecule has 0 atom stereocenters. The van der Waals surface area contributed by atoms with Crippen LogP contribution in [0.3, 0.4) is 0 Å². The highest BCUT2D eigenvalue weighted by Gasteiger charge is 2.30. The lowest BCUT2D eigenvalue weighted by atomic mass is 10.2. The number of aromatic nitrogens is 1. The van der Waals surface area contributed by atoms with Gasteiger partial charge >= 0.3 is 0 Å². The summed E-state index contributed by atoms with van der Waals surface area (Å²) in [6.07, 6.45) is 4.95. The van der Waals surface area contributed by atoms with Crippen molar-refractivity contribution >= 4 is 23.4 Å². The molecular weight excluding hydrogens is 244 g/mol. The van der Waals surface area contributed by atoms with Gasteiger partial charge in [0.05, 0.1) is 0 Å². The van der Waals surface area contributed by atoms with E-state index >= 15 is 0 Å². The fourth-order valence-corrected chi connectivity index (χ4v) is 2.66. The van der Waals surface area contributed by atoms with E-state index in [1.807, 2.05) is 12.1 Å². The molecule has 92 valence electrons. The van der Waals surface area contributed by atoms with Gasteiger partial charge < -0.3 is 4.90 Å². The maximum atomic E-state index is 10.6. The molecule has 1 saturated carbocycles. The van der Waals surface area contributed by atoms with Crippen molar-refractivity contribution in [2.45, 2.75) is 25.4 Å². The van der Waals surface area contributed by atoms with Gasteiger partial charge in [-0.25, -0.2) is 4.98 Å². The summed E-state index contributed by atoms with van der Waals surface area (Å²) < 4.78 is 0. The molecule has 0 saturated heterocycles. The monoisotopic (exact) mass is 258 g/mol. The standard InChI is InChI=1S/C14H14N2OS/c17-9-11-1-4-14(15-7-11)16(13-2-3-13)8-12-5-6-18-10-12/h1,4-7,9-10,13H,2-3,8H2. The van der Waals surface area contributed by atoms with E-state index in [9.17, 15) is 4.79 Å². The fraction of sp³-hybridized carbons (Fsp3) is 0.286. The maximum absolute atomic E-state index is 10.6. The van der Waals surface area contributed by atoms with Crippen molar-refractivity contribution in [1.29, 1.82) is 0 Å². The van der Waals surface area contributed by atoms with Crippen molar-refractivity contribution in [3.63, 3.8) is 0 Å². The molecule has 0 N–H and O–H groups in total. The van der Waals surface area contributed by atoms with Crippen molar-refractivity contribution in [3.8, 4) is 0 Å². The van der Waals surface area contributed by atoms with E-state index in [1.54, 1.807) is 17.5 Å². The number of hydrogen-bond acceptors (Lipinski definition) is 4. The average molecular weight is 258 g/mol. The predicted molar refractivity (Wildman–Crippen MR) is 73.1 cm³/mol. The smallest absolute Gasteiger partial charge is 0.151 e. The molecule has 0 aliphatic heterocycles. The van der Waals surface area contributed by atoms with Gasteiger partial charge in [0.15, 0.2) is 6.29 Å². The van der Waals surface area contributed by atoms with Crippen LogP contribution in [0.5, 0.6) is 0 Å². The number of hydrogen-bond donors (Lipinski definition) is 0. The second kappa shape index (κ2) is 4.90. The minimum Gasteiger partial charge on any atom is -0.349 e. The summed E-state index contributed by atoms with van der Waals surface area (Å²) in [7, 11) is 0. The summed E-state index contributed by atoms with van der Waals surface area (Å²) in [5, 5.41) is 4.28. The van der Waals surface area contributed by atoms with Crippen LogP contribution < -0.4 is 4.90 Å². The van der Waals surface area contributed by atoms with Crippen LogP contribution in [-0.2, 0) is 6.54 Å². The van der Waals surface area contributed by atoms with Crippen LogP contribution in [0.4, 0.5) is 5.82 Å². The molecule has 1 aliphatic carbocycles. The Morgan fingerprint density at radius 1 is 1.39 bits per heavy atom. The second-order valence-corrected chi connectivity index (χ2v) is 5.34. The van der Waals surface area contributed by atoms with Gasteiger partial charge in [-0.05, 0) is 47.4 Å². The third-order valence-electron chi connectivity index (χ3n) is 3.12. The van der Waals surface area contributed by atoms with E-state index in [1.165, 1.54) is 18.4 Å². The Balaban J connectivity index is 1.82. The molecule has 0 unspecified atom stereocenters. The van der Waals surface area contributed by atoms with Crippen LogP contribution in [0.25, 0.3) is 0 Å². The topological polar surface area (TPSA) is 33.2 Å². The lowest BCUT2D eigenvalue weighted by Crippen LogP contribution is -2.25. The Morgan fingerprint density at radius 3 is 2.83 bits per heavy atom. The molecule has 0 radical (unpaired) electrons. The van der Waals surface area contributed by atoms with E-state index in [4.69, 9.17) is 0 Å². The number of carbonyl (C=O) groups is 1. The first-order valence-corrected chi connectivity index (χ1v) is 7.00. The van der Waals surface area contributed by atoms with Crippen LogP contribution in [0, 0.1) is 0 Å². The lowest BCUT2D eigenvalue weighted by molar-refractivity contribution is 0.112. The van der Waals surface area contributed by atoms with Gasteiger partial charge in [-0.2, -0.15) is 11.3 Å². The summed E-state index contributed by atoms with van der Waals surface area (Å²) in [5.41, 5.74) is 1.96. The first kappa shape index (κ1) is 11.4. The van der Waals surface area contributed by atoms with Gasteiger partial charge in [0.25, 0.3) is 0 Å². The average Bonchev–Trinajstić information content (AvgIpc) is 3.13. The van der Waals surface area contributed by atoms with Gasteiger partial charge in [-0.1, -0.05) is 0 Å². The normalized spacial score (nSPS) is 14.4. The number of anilines is 1. The summed E-state index contributed by atoms with van der Waals surface area (Å²) in [6, 6.07) is 6.53. The molecule has 0 bridgehead atoms.